The van der Waals surface area contributed by atoms with Crippen molar-refractivity contribution in [3.8, 4) is 0 Å². The SMILES string of the molecule is Cc1cccc(NC(=O)[C@H](C)N(c2cccc(Cl)c2)S(C)(=O)=O)c1. The van der Waals surface area contributed by atoms with Crippen LogP contribution in [0.3, 0.4) is 0 Å². The molecule has 0 bridgehead atoms. The Labute approximate surface area is 147 Å². The number of carbonyl (C=O) groups excluding carboxylic acids is 1. The van der Waals surface area contributed by atoms with Crippen LogP contribution in [-0.2, 0) is 14.8 Å². The highest BCUT2D eigenvalue weighted by Crippen LogP contribution is 2.24. The molecular weight excluding hydrogens is 348 g/mol. The van der Waals surface area contributed by atoms with E-state index in [4.69, 9.17) is 11.6 Å². The minimum absolute atomic E-state index is 0.344. The van der Waals surface area contributed by atoms with Crippen LogP contribution in [0.2, 0.25) is 5.02 Å². The van der Waals surface area contributed by atoms with Crippen molar-refractivity contribution in [2.75, 3.05) is 15.9 Å². The van der Waals surface area contributed by atoms with Gasteiger partial charge in [0, 0.05) is 10.7 Å². The van der Waals surface area contributed by atoms with E-state index in [2.05, 4.69) is 5.32 Å². The molecule has 0 unspecified atom stereocenters. The Kier molecular flexibility index (Phi) is 5.51. The van der Waals surface area contributed by atoms with Crippen molar-refractivity contribution in [1.82, 2.24) is 0 Å². The molecule has 0 heterocycles. The molecule has 1 N–H and O–H groups in total. The molecule has 5 nitrogen and oxygen atoms in total. The molecule has 0 saturated carbocycles. The number of rotatable bonds is 5. The number of halogens is 1. The van der Waals surface area contributed by atoms with Crippen molar-refractivity contribution < 1.29 is 13.2 Å². The topological polar surface area (TPSA) is 66.5 Å². The lowest BCUT2D eigenvalue weighted by molar-refractivity contribution is -0.116. The Hall–Kier alpha value is -2.05. The van der Waals surface area contributed by atoms with Gasteiger partial charge in [-0.25, -0.2) is 8.42 Å². The summed E-state index contributed by atoms with van der Waals surface area (Å²) < 4.78 is 25.5. The summed E-state index contributed by atoms with van der Waals surface area (Å²) in [5.41, 5.74) is 1.96. The summed E-state index contributed by atoms with van der Waals surface area (Å²) in [6.45, 7) is 3.45. The quantitative estimate of drug-likeness (QED) is 0.881. The van der Waals surface area contributed by atoms with Gasteiger partial charge in [-0.05, 0) is 49.7 Å². The van der Waals surface area contributed by atoms with Gasteiger partial charge in [-0.15, -0.1) is 0 Å². The molecule has 24 heavy (non-hydrogen) atoms. The summed E-state index contributed by atoms with van der Waals surface area (Å²) in [6, 6.07) is 12.8. The maximum absolute atomic E-state index is 12.5. The third kappa shape index (κ3) is 4.49. The minimum Gasteiger partial charge on any atom is -0.324 e. The van der Waals surface area contributed by atoms with Crippen molar-refractivity contribution in [3.05, 3.63) is 59.1 Å². The van der Waals surface area contributed by atoms with Crippen LogP contribution < -0.4 is 9.62 Å². The Balaban J connectivity index is 2.31. The van der Waals surface area contributed by atoms with E-state index in [1.54, 1.807) is 24.3 Å². The van der Waals surface area contributed by atoms with E-state index < -0.39 is 22.0 Å². The zero-order valence-corrected chi connectivity index (χ0v) is 15.2. The standard InChI is InChI=1S/C17H19ClN2O3S/c1-12-6-4-8-15(10-12)19-17(21)13(2)20(24(3,22)23)16-9-5-7-14(18)11-16/h4-11,13H,1-3H3,(H,19,21)/t13-/m0/s1. The summed E-state index contributed by atoms with van der Waals surface area (Å²) in [5.74, 6) is -0.425. The highest BCUT2D eigenvalue weighted by molar-refractivity contribution is 7.92. The lowest BCUT2D eigenvalue weighted by Gasteiger charge is -2.28. The number of nitrogens with one attached hydrogen (secondary N) is 1. The fraction of sp³-hybridized carbons (Fsp3) is 0.235. The Morgan fingerprint density at radius 3 is 2.42 bits per heavy atom. The molecule has 7 heteroatoms. The summed E-state index contributed by atoms with van der Waals surface area (Å²) in [7, 11) is -3.67. The predicted molar refractivity (Wildman–Crippen MR) is 98.0 cm³/mol. The molecule has 0 saturated heterocycles. The Morgan fingerprint density at radius 2 is 1.83 bits per heavy atom. The molecule has 0 fully saturated rings. The summed E-state index contributed by atoms with van der Waals surface area (Å²) in [6.07, 6.45) is 1.06. The van der Waals surface area contributed by atoms with E-state index in [0.29, 0.717) is 16.4 Å². The van der Waals surface area contributed by atoms with Gasteiger partial charge >= 0.3 is 0 Å². The number of aryl methyl sites for hydroxylation is 1. The van der Waals surface area contributed by atoms with Crippen molar-refractivity contribution in [1.29, 1.82) is 0 Å². The molecule has 0 aliphatic rings. The third-order valence-corrected chi connectivity index (χ3v) is 4.91. The second-order valence-corrected chi connectivity index (χ2v) is 7.87. The zero-order chi connectivity index (χ0) is 17.9. The molecule has 0 spiro atoms. The first-order valence-corrected chi connectivity index (χ1v) is 9.53. The maximum atomic E-state index is 12.5. The molecule has 2 aromatic carbocycles. The van der Waals surface area contributed by atoms with Crippen LogP contribution in [0.5, 0.6) is 0 Å². The van der Waals surface area contributed by atoms with Crippen LogP contribution in [0.1, 0.15) is 12.5 Å². The maximum Gasteiger partial charge on any atom is 0.247 e. The third-order valence-electron chi connectivity index (χ3n) is 3.44. The van der Waals surface area contributed by atoms with Crippen LogP contribution in [0.15, 0.2) is 48.5 Å². The molecular formula is C17H19ClN2O3S. The van der Waals surface area contributed by atoms with Gasteiger partial charge in [-0.2, -0.15) is 0 Å². The number of benzene rings is 2. The number of nitrogens with zero attached hydrogens (tertiary/aromatic N) is 1. The van der Waals surface area contributed by atoms with Crippen LogP contribution >= 0.6 is 11.6 Å². The number of amides is 1. The Bertz CT molecular complexity index is 852. The van der Waals surface area contributed by atoms with Crippen LogP contribution in [0, 0.1) is 6.92 Å². The van der Waals surface area contributed by atoms with Crippen molar-refractivity contribution >= 4 is 38.9 Å². The van der Waals surface area contributed by atoms with E-state index in [9.17, 15) is 13.2 Å². The fourth-order valence-corrected chi connectivity index (χ4v) is 3.74. The molecule has 0 radical (unpaired) electrons. The molecule has 2 rings (SSSR count). The second-order valence-electron chi connectivity index (χ2n) is 5.57. The molecule has 128 valence electrons. The van der Waals surface area contributed by atoms with E-state index in [-0.39, 0.29) is 0 Å². The predicted octanol–water partition coefficient (Wildman–Crippen LogP) is 3.44. The Morgan fingerprint density at radius 1 is 1.17 bits per heavy atom. The molecule has 2 aromatic rings. The van der Waals surface area contributed by atoms with E-state index in [1.165, 1.54) is 13.0 Å². The number of sulfonamides is 1. The van der Waals surface area contributed by atoms with Crippen LogP contribution in [0.4, 0.5) is 11.4 Å². The molecule has 0 aliphatic heterocycles. The number of anilines is 2. The summed E-state index contributed by atoms with van der Waals surface area (Å²) >= 11 is 5.95. The van der Waals surface area contributed by atoms with Gasteiger partial charge in [0.25, 0.3) is 0 Å². The van der Waals surface area contributed by atoms with Crippen molar-refractivity contribution in [2.24, 2.45) is 0 Å². The van der Waals surface area contributed by atoms with Gasteiger partial charge in [-0.3, -0.25) is 9.10 Å². The van der Waals surface area contributed by atoms with Gasteiger partial charge in [0.1, 0.15) is 6.04 Å². The number of carbonyl (C=O) groups is 1. The van der Waals surface area contributed by atoms with E-state index in [1.807, 2.05) is 25.1 Å². The largest absolute Gasteiger partial charge is 0.324 e. The summed E-state index contributed by atoms with van der Waals surface area (Å²) in [4.78, 5) is 12.5. The first kappa shape index (κ1) is 18.3. The number of hydrogen-bond acceptors (Lipinski definition) is 3. The van der Waals surface area contributed by atoms with Gasteiger partial charge in [-0.1, -0.05) is 29.8 Å². The van der Waals surface area contributed by atoms with Crippen molar-refractivity contribution in [2.45, 2.75) is 19.9 Å². The first-order valence-electron chi connectivity index (χ1n) is 7.31. The smallest absolute Gasteiger partial charge is 0.247 e. The normalized spacial score (nSPS) is 12.5. The summed E-state index contributed by atoms with van der Waals surface area (Å²) in [5, 5.41) is 3.14. The monoisotopic (exact) mass is 366 g/mol. The highest BCUT2D eigenvalue weighted by atomic mass is 35.5. The van der Waals surface area contributed by atoms with Crippen LogP contribution in [0.25, 0.3) is 0 Å². The first-order chi connectivity index (χ1) is 11.2. The number of hydrogen-bond donors (Lipinski definition) is 1. The molecule has 1 atom stereocenters. The zero-order valence-electron chi connectivity index (χ0n) is 13.7. The van der Waals surface area contributed by atoms with E-state index in [0.717, 1.165) is 16.1 Å². The van der Waals surface area contributed by atoms with Gasteiger partial charge in [0.15, 0.2) is 0 Å². The molecule has 0 aliphatic carbocycles. The van der Waals surface area contributed by atoms with Gasteiger partial charge in [0.05, 0.1) is 11.9 Å². The fourth-order valence-electron chi connectivity index (χ4n) is 2.39. The average Bonchev–Trinajstić information content (AvgIpc) is 2.46. The lowest BCUT2D eigenvalue weighted by atomic mass is 10.2. The lowest BCUT2D eigenvalue weighted by Crippen LogP contribution is -2.45. The molecule has 1 amide bonds. The second kappa shape index (κ2) is 7.23. The minimum atomic E-state index is -3.67. The van der Waals surface area contributed by atoms with E-state index >= 15 is 0 Å². The molecule has 0 aromatic heterocycles. The van der Waals surface area contributed by atoms with Gasteiger partial charge < -0.3 is 5.32 Å². The van der Waals surface area contributed by atoms with Crippen LogP contribution in [-0.4, -0.2) is 26.6 Å². The highest BCUT2D eigenvalue weighted by Gasteiger charge is 2.29. The average molecular weight is 367 g/mol. The van der Waals surface area contributed by atoms with Gasteiger partial charge in [0.2, 0.25) is 15.9 Å². The van der Waals surface area contributed by atoms with Crippen molar-refractivity contribution in [3.63, 3.8) is 0 Å².